The lowest BCUT2D eigenvalue weighted by molar-refractivity contribution is -0.789. The number of H-pyrrole nitrogens is 2. The zero-order valence-electron chi connectivity index (χ0n) is 72.0. The Balaban J connectivity index is 0.00000678. The quantitative estimate of drug-likeness (QED) is 0.0128. The number of fused-ring (bicyclic) bond motifs is 2. The molecule has 6 rings (SSSR count). The maximum atomic E-state index is 14.0. The molecule has 36 nitrogen and oxygen atoms in total. The normalized spacial score (nSPS) is 16.4. The van der Waals surface area contributed by atoms with Crippen LogP contribution in [0, 0.1) is 29.6 Å². The summed E-state index contributed by atoms with van der Waals surface area (Å²) >= 11 is 0. The molecule has 0 bridgehead atoms. The van der Waals surface area contributed by atoms with Gasteiger partial charge in [-0.2, -0.15) is 4.58 Å². The first-order chi connectivity index (χ1) is 59.1. The topological polar surface area (TPSA) is 569 Å². The van der Waals surface area contributed by atoms with E-state index < -0.39 is 190 Å². The fourth-order valence-corrected chi connectivity index (χ4v) is 15.7. The van der Waals surface area contributed by atoms with Gasteiger partial charge in [0.1, 0.15) is 52.8 Å². The van der Waals surface area contributed by atoms with Crippen molar-refractivity contribution in [1.29, 1.82) is 0 Å². The summed E-state index contributed by atoms with van der Waals surface area (Å²) in [7, 11) is -7.74. The Kier molecular flexibility index (Phi) is 43.7. The number of carboxylic acid groups (broad SMARTS) is 2. The van der Waals surface area contributed by atoms with Crippen molar-refractivity contribution in [3.05, 3.63) is 138 Å². The third-order valence-electron chi connectivity index (χ3n) is 21.9. The number of nitrogens with two attached hydrogens (primary N) is 1. The molecule has 2 aliphatic rings. The Morgan fingerprint density at radius 2 is 1.18 bits per heavy atom. The van der Waals surface area contributed by atoms with Gasteiger partial charge in [0.15, 0.2) is 28.8 Å². The van der Waals surface area contributed by atoms with Gasteiger partial charge in [0, 0.05) is 155 Å². The van der Waals surface area contributed by atoms with E-state index in [4.69, 9.17) is 27.8 Å². The van der Waals surface area contributed by atoms with E-state index in [0.717, 1.165) is 36.3 Å². The Morgan fingerprint density at radius 1 is 0.616 bits per heavy atom. The number of carbonyl (C=O) groups is 13. The molecule has 13 N–H and O–H groups in total. The lowest BCUT2D eigenvalue weighted by atomic mass is 9.81. The van der Waals surface area contributed by atoms with E-state index in [1.165, 1.54) is 79.8 Å². The van der Waals surface area contributed by atoms with Crippen LogP contribution in [-0.4, -0.2) is 229 Å². The first-order valence-corrected chi connectivity index (χ1v) is 44.1. The molecule has 4 aromatic rings. The molecule has 2 aromatic carbocycles. The Bertz CT molecular complexity index is 4780. The van der Waals surface area contributed by atoms with Gasteiger partial charge in [-0.1, -0.05) is 55.0 Å². The van der Waals surface area contributed by atoms with Crippen molar-refractivity contribution in [2.75, 3.05) is 52.6 Å². The number of aliphatic hydroxyl groups is 2. The number of rotatable bonds is 59. The van der Waals surface area contributed by atoms with E-state index in [1.54, 1.807) is 6.07 Å². The number of amides is 5. The molecule has 0 fully saturated rings. The zero-order chi connectivity index (χ0) is 92.7. The lowest BCUT2D eigenvalue weighted by Crippen LogP contribution is -3.04. The number of allylic oxidation sites excluding steroid dienone is 8. The highest BCUT2D eigenvalue weighted by molar-refractivity contribution is 7.85. The molecular formula is C87H120N11O25S2+. The summed E-state index contributed by atoms with van der Waals surface area (Å²) in [6.07, 6.45) is 16.5. The Morgan fingerprint density at radius 3 is 1.74 bits per heavy atom. The largest absolute Gasteiger partial charge is 0.744 e. The summed E-state index contributed by atoms with van der Waals surface area (Å²) < 4.78 is 74.4. The molecule has 684 valence electrons. The van der Waals surface area contributed by atoms with Gasteiger partial charge >= 0.3 is 22.5 Å². The maximum absolute atomic E-state index is 14.0. The third kappa shape index (κ3) is 35.2. The van der Waals surface area contributed by atoms with Crippen molar-refractivity contribution >= 4 is 114 Å². The molecule has 2 aliphatic heterocycles. The SMILES string of the molecule is CC[N+]1=C(/C=C/C=C/C=C/C=C2/[NH+](CCCCCC(=O)NCCCC[C@@H](CC(=O)COCCCC(=O)[C@@H](CCC(=O)O)CC(=O)[C@@H](Cc3cnc[nH]3)NC(=O)[C@H](CC(C)=O)[C@H](C)O)C(=O)NCCOCC(=O)C[C@@H](C(=O)N[C@H](Cc3cnc[nH]3)C(=O)C[C@H](CCC(=O)O)C(N)=O)[C@H](C)O)c3ccccc3C2(C)C)C(C)(C)c2cc(S(=O)(=O)[O-])ccc21.O=S(=O)=O. The molecule has 0 aliphatic carbocycles. The van der Waals surface area contributed by atoms with Crippen LogP contribution < -0.4 is 31.9 Å². The lowest BCUT2D eigenvalue weighted by Gasteiger charge is -2.24. The predicted molar refractivity (Wildman–Crippen MR) is 453 cm³/mol. The number of carboxylic acids is 2. The van der Waals surface area contributed by atoms with E-state index in [2.05, 4.69) is 77.8 Å². The summed E-state index contributed by atoms with van der Waals surface area (Å²) in [5.74, 6) is -14.7. The van der Waals surface area contributed by atoms with E-state index in [0.29, 0.717) is 37.2 Å². The molecule has 0 saturated carbocycles. The molecule has 10 atom stereocenters. The van der Waals surface area contributed by atoms with Crippen molar-refractivity contribution in [1.82, 2.24) is 41.2 Å². The third-order valence-corrected chi connectivity index (χ3v) is 22.8. The Labute approximate surface area is 728 Å². The molecule has 5 amide bonds. The molecule has 4 heterocycles. The van der Waals surface area contributed by atoms with Gasteiger partial charge in [0.05, 0.1) is 77.7 Å². The van der Waals surface area contributed by atoms with Gasteiger partial charge in [-0.05, 0) is 131 Å². The number of aliphatic carboxylic acids is 2. The number of unbranched alkanes of at least 4 members (excludes halogenated alkanes) is 3. The van der Waals surface area contributed by atoms with Gasteiger partial charge in [-0.25, -0.2) is 18.4 Å². The second kappa shape index (κ2) is 52.2. The number of quaternary nitrogens is 1. The average Bonchev–Trinajstić information content (AvgIpc) is 1.59. The first kappa shape index (κ1) is 105. The fourth-order valence-electron chi connectivity index (χ4n) is 15.2. The van der Waals surface area contributed by atoms with Crippen LogP contribution in [0.5, 0.6) is 0 Å². The van der Waals surface area contributed by atoms with Crippen LogP contribution in [0.25, 0.3) is 0 Å². The number of nitrogens with one attached hydrogen (secondary N) is 7. The molecular weight excluding hydrogens is 1660 g/mol. The van der Waals surface area contributed by atoms with E-state index >= 15 is 0 Å². The van der Waals surface area contributed by atoms with Crippen LogP contribution in [-0.2, 0) is 116 Å². The number of para-hydroxylation sites is 1. The van der Waals surface area contributed by atoms with E-state index in [-0.39, 0.29) is 113 Å². The summed E-state index contributed by atoms with van der Waals surface area (Å²) in [6.45, 7) is 14.5. The summed E-state index contributed by atoms with van der Waals surface area (Å²) in [5, 5.41) is 50.7. The van der Waals surface area contributed by atoms with Crippen LogP contribution in [0.15, 0.2) is 121 Å². The number of carbonyl (C=O) groups excluding carboxylic acids is 11. The molecule has 0 radical (unpaired) electrons. The maximum Gasteiger partial charge on any atom is 0.425 e. The number of hydrogen-bond donors (Lipinski definition) is 12. The number of ketones is 6. The average molecular weight is 1780 g/mol. The second-order valence-electron chi connectivity index (χ2n) is 32.3. The Hall–Kier alpha value is -10.9. The number of imidazole rings is 2. The molecule has 1 unspecified atom stereocenters. The minimum absolute atomic E-state index is 0.0492. The van der Waals surface area contributed by atoms with Crippen LogP contribution in [0.1, 0.15) is 193 Å². The molecule has 125 heavy (non-hydrogen) atoms. The van der Waals surface area contributed by atoms with E-state index in [9.17, 15) is 95.7 Å². The van der Waals surface area contributed by atoms with Crippen LogP contribution >= 0.6 is 0 Å². The summed E-state index contributed by atoms with van der Waals surface area (Å²) in [4.78, 5) is 184. The van der Waals surface area contributed by atoms with Gasteiger partial charge in [-0.15, -0.1) is 12.6 Å². The number of ether oxygens (including phenoxy) is 2. The molecule has 2 aromatic heterocycles. The molecule has 0 spiro atoms. The highest BCUT2D eigenvalue weighted by atomic mass is 32.2. The number of primary amides is 1. The standard InChI is InChI=1S/C87H119N11O22S.O3S/c1-9-97-73-33-32-65(121(116,117)118)48-69(73)87(7,8)77(97)27-14-11-10-12-15-28-78-86(5,6)68-24-17-18-25-72(68)98(78)38-21-13-16-29-79(107)91-36-20-19-23-60(83(113)92-37-40-120-52-64(103)47-67(57(4)101)85(115)96-71(46-62-50-90-54-94-62)76(106)44-59(82(88)112)31-35-81(110)111)42-63(102)51-119-39-22-26-74(104)58(30-34-80(108)109)43-75(105)70(45-61-49-89-53-93-61)95-84(114)66(56(3)100)41-55(2)99;1-4(2)3/h10-12,14-15,17-18,24-25,27-28,32-33,48-50,53-54,56-60,66-67,70-71,100-101H,9,13,16,19-23,26,29-31,34-47,51-52H2,1-8H3,(H10-,88,89,90,91,92,93,94,95,96,107,108,109,110,111,112,113,114,115,116,117,118);/p+1/t56-,57-,58-,59-,60-,66+,67+,70+,71+;/m0./s1. The van der Waals surface area contributed by atoms with Crippen LogP contribution in [0.3, 0.4) is 0 Å². The van der Waals surface area contributed by atoms with Crippen molar-refractivity contribution in [3.63, 3.8) is 0 Å². The summed E-state index contributed by atoms with van der Waals surface area (Å²) in [5.41, 5.74) is 11.7. The van der Waals surface area contributed by atoms with E-state index in [1.807, 2.05) is 69.4 Å². The number of aromatic amines is 2. The zero-order valence-corrected chi connectivity index (χ0v) is 73.6. The number of Topliss-reactive ketones (excluding diaryl/α,β-unsaturated/α-hetero) is 6. The van der Waals surface area contributed by atoms with Crippen molar-refractivity contribution in [2.24, 2.45) is 35.3 Å². The number of hydrogen-bond acceptors (Lipinski definition) is 25. The van der Waals surface area contributed by atoms with Crippen LogP contribution in [0.2, 0.25) is 0 Å². The number of aromatic nitrogens is 4. The second-order valence-corrected chi connectivity index (χ2v) is 34.1. The first-order valence-electron chi connectivity index (χ1n) is 41.7. The molecule has 0 saturated heterocycles. The fraction of sp³-hybridized carbons (Fsp3) is 0.540. The van der Waals surface area contributed by atoms with Crippen LogP contribution in [0.4, 0.5) is 11.4 Å². The van der Waals surface area contributed by atoms with Gasteiger partial charge in [-0.3, -0.25) is 62.4 Å². The highest BCUT2D eigenvalue weighted by Gasteiger charge is 2.46. The monoisotopic (exact) mass is 1780 g/mol. The highest BCUT2D eigenvalue weighted by Crippen LogP contribution is 2.42. The van der Waals surface area contributed by atoms with Gasteiger partial charge < -0.3 is 76.2 Å². The summed E-state index contributed by atoms with van der Waals surface area (Å²) in [6, 6.07) is 10.3. The number of benzene rings is 2. The van der Waals surface area contributed by atoms with Crippen molar-refractivity contribution < 1.29 is 127 Å². The molecule has 38 heteroatoms. The predicted octanol–water partition coefficient (Wildman–Crippen LogP) is 4.16. The van der Waals surface area contributed by atoms with Crippen molar-refractivity contribution in [2.45, 2.75) is 224 Å². The number of nitrogens with zero attached hydrogens (tertiary/aromatic N) is 3. The number of aliphatic hydroxyl groups excluding tert-OH is 2. The van der Waals surface area contributed by atoms with Crippen molar-refractivity contribution in [3.8, 4) is 0 Å². The smallest absolute Gasteiger partial charge is 0.425 e. The van der Waals surface area contributed by atoms with Gasteiger partial charge in [0.25, 0.3) is 0 Å². The minimum atomic E-state index is -4.63. The van der Waals surface area contributed by atoms with Gasteiger partial charge in [0.2, 0.25) is 35.2 Å². The minimum Gasteiger partial charge on any atom is -0.744 e.